The number of halogens is 1. The lowest BCUT2D eigenvalue weighted by atomic mass is 9.88. The Bertz CT molecular complexity index is 773. The van der Waals surface area contributed by atoms with Gasteiger partial charge in [0.25, 0.3) is 0 Å². The van der Waals surface area contributed by atoms with Crippen LogP contribution in [0.5, 0.6) is 5.75 Å². The predicted molar refractivity (Wildman–Crippen MR) is 93.9 cm³/mol. The molecule has 0 saturated heterocycles. The number of hydrogen-bond acceptors (Lipinski definition) is 5. The summed E-state index contributed by atoms with van der Waals surface area (Å²) in [5, 5.41) is 14.1. The van der Waals surface area contributed by atoms with Crippen molar-refractivity contribution in [1.29, 1.82) is 0 Å². The van der Waals surface area contributed by atoms with Crippen LogP contribution < -0.4 is 16.2 Å². The highest BCUT2D eigenvalue weighted by atomic mass is 35.5. The molecule has 0 bridgehead atoms. The Kier molecular flexibility index (Phi) is 5.36. The summed E-state index contributed by atoms with van der Waals surface area (Å²) in [5.41, 5.74) is 15.8. The lowest BCUT2D eigenvalue weighted by Gasteiger charge is -2.17. The molecule has 1 aliphatic carbocycles. The third-order valence-electron chi connectivity index (χ3n) is 4.18. The quantitative estimate of drug-likeness (QED) is 0.705. The van der Waals surface area contributed by atoms with Crippen LogP contribution in [0.2, 0.25) is 0 Å². The van der Waals surface area contributed by atoms with Gasteiger partial charge in [-0.3, -0.25) is 4.68 Å². The number of aromatic carboxylic acids is 1. The van der Waals surface area contributed by atoms with Gasteiger partial charge < -0.3 is 21.3 Å². The molecule has 0 unspecified atom stereocenters. The first-order valence-electron chi connectivity index (χ1n) is 7.56. The maximum atomic E-state index is 11.7. The van der Waals surface area contributed by atoms with Gasteiger partial charge in [0.2, 0.25) is 0 Å². The van der Waals surface area contributed by atoms with Crippen molar-refractivity contribution < 1.29 is 14.6 Å². The van der Waals surface area contributed by atoms with E-state index in [0.717, 1.165) is 23.1 Å². The Labute approximate surface area is 146 Å². The summed E-state index contributed by atoms with van der Waals surface area (Å²) in [6, 6.07) is 3.73. The molecule has 1 aliphatic rings. The van der Waals surface area contributed by atoms with Gasteiger partial charge >= 0.3 is 5.97 Å². The zero-order chi connectivity index (χ0) is 16.6. The lowest BCUT2D eigenvalue weighted by molar-refractivity contribution is 0.0681. The molecule has 130 valence electrons. The summed E-state index contributed by atoms with van der Waals surface area (Å²) >= 11 is 0. The second-order valence-corrected chi connectivity index (χ2v) is 5.60. The SMILES string of the molecule is COc1cc2c(cc1N)-c1nn(CCCN)c(C(=O)O)c1CC2.Cl. The lowest BCUT2D eigenvalue weighted by Crippen LogP contribution is -2.14. The maximum absolute atomic E-state index is 11.7. The van der Waals surface area contributed by atoms with Crippen molar-refractivity contribution in [1.82, 2.24) is 9.78 Å². The molecule has 0 atom stereocenters. The number of anilines is 1. The zero-order valence-corrected chi connectivity index (χ0v) is 14.2. The number of carboxylic acid groups (broad SMARTS) is 1. The monoisotopic (exact) mass is 352 g/mol. The number of aryl methyl sites for hydroxylation is 2. The van der Waals surface area contributed by atoms with Crippen molar-refractivity contribution in [2.24, 2.45) is 5.73 Å². The van der Waals surface area contributed by atoms with Gasteiger partial charge in [0.05, 0.1) is 18.5 Å². The van der Waals surface area contributed by atoms with E-state index in [0.29, 0.717) is 43.1 Å². The zero-order valence-electron chi connectivity index (χ0n) is 13.4. The molecule has 0 aliphatic heterocycles. The van der Waals surface area contributed by atoms with Crippen LogP contribution in [0, 0.1) is 0 Å². The van der Waals surface area contributed by atoms with Crippen LogP contribution >= 0.6 is 12.4 Å². The highest BCUT2D eigenvalue weighted by Gasteiger charge is 2.28. The molecule has 1 aromatic heterocycles. The van der Waals surface area contributed by atoms with Gasteiger partial charge in [0.1, 0.15) is 11.4 Å². The Morgan fingerprint density at radius 1 is 1.42 bits per heavy atom. The van der Waals surface area contributed by atoms with E-state index in [-0.39, 0.29) is 18.1 Å². The van der Waals surface area contributed by atoms with Gasteiger partial charge in [-0.25, -0.2) is 4.79 Å². The number of nitrogen functional groups attached to an aromatic ring is 1. The van der Waals surface area contributed by atoms with Crippen molar-refractivity contribution in [3.63, 3.8) is 0 Å². The highest BCUT2D eigenvalue weighted by molar-refractivity contribution is 5.91. The van der Waals surface area contributed by atoms with Gasteiger partial charge in [-0.1, -0.05) is 0 Å². The van der Waals surface area contributed by atoms with Crippen LogP contribution in [-0.2, 0) is 19.4 Å². The molecule has 0 spiro atoms. The number of nitrogens with zero attached hydrogens (tertiary/aromatic N) is 2. The summed E-state index contributed by atoms with van der Waals surface area (Å²) in [6.45, 7) is 0.983. The van der Waals surface area contributed by atoms with Crippen molar-refractivity contribution in [2.45, 2.75) is 25.8 Å². The Hall–Kier alpha value is -2.25. The molecule has 8 heteroatoms. The Balaban J connectivity index is 0.00000208. The highest BCUT2D eigenvalue weighted by Crippen LogP contribution is 2.39. The Morgan fingerprint density at radius 3 is 2.79 bits per heavy atom. The number of rotatable bonds is 5. The molecular weight excluding hydrogens is 332 g/mol. The van der Waals surface area contributed by atoms with Crippen LogP contribution in [0.4, 0.5) is 5.69 Å². The summed E-state index contributed by atoms with van der Waals surface area (Å²) in [7, 11) is 1.58. The van der Waals surface area contributed by atoms with E-state index in [4.69, 9.17) is 16.2 Å². The fourth-order valence-electron chi connectivity index (χ4n) is 3.10. The summed E-state index contributed by atoms with van der Waals surface area (Å²) in [6.07, 6.45) is 2.06. The van der Waals surface area contributed by atoms with Gasteiger partial charge in [0, 0.05) is 17.7 Å². The van der Waals surface area contributed by atoms with Crippen LogP contribution in [0.15, 0.2) is 12.1 Å². The second-order valence-electron chi connectivity index (χ2n) is 5.60. The number of fused-ring (bicyclic) bond motifs is 3. The van der Waals surface area contributed by atoms with Crippen LogP contribution in [0.25, 0.3) is 11.3 Å². The smallest absolute Gasteiger partial charge is 0.354 e. The van der Waals surface area contributed by atoms with E-state index in [9.17, 15) is 9.90 Å². The van der Waals surface area contributed by atoms with Gasteiger partial charge in [-0.05, 0) is 43.5 Å². The Morgan fingerprint density at radius 2 is 2.17 bits per heavy atom. The number of ether oxygens (including phenoxy) is 1. The summed E-state index contributed by atoms with van der Waals surface area (Å²) in [5.74, 6) is -0.325. The summed E-state index contributed by atoms with van der Waals surface area (Å²) in [4.78, 5) is 11.7. The molecule has 0 saturated carbocycles. The number of nitrogens with two attached hydrogens (primary N) is 2. The van der Waals surface area contributed by atoms with Crippen molar-refractivity contribution in [2.75, 3.05) is 19.4 Å². The molecule has 2 aromatic rings. The van der Waals surface area contributed by atoms with E-state index < -0.39 is 5.97 Å². The van der Waals surface area contributed by atoms with Crippen LogP contribution in [-0.4, -0.2) is 34.5 Å². The van der Waals surface area contributed by atoms with Crippen LogP contribution in [0.1, 0.15) is 28.0 Å². The topological polar surface area (TPSA) is 116 Å². The normalized spacial score (nSPS) is 12.1. The average Bonchev–Trinajstić information content (AvgIpc) is 2.91. The number of hydrogen-bond donors (Lipinski definition) is 3. The molecule has 5 N–H and O–H groups in total. The van der Waals surface area contributed by atoms with Crippen LogP contribution in [0.3, 0.4) is 0 Å². The van der Waals surface area contributed by atoms with E-state index >= 15 is 0 Å². The van der Waals surface area contributed by atoms with Gasteiger partial charge in [-0.2, -0.15) is 5.10 Å². The fraction of sp³-hybridized carbons (Fsp3) is 0.375. The number of benzene rings is 1. The van der Waals surface area contributed by atoms with E-state index in [1.807, 2.05) is 12.1 Å². The first-order chi connectivity index (χ1) is 11.1. The maximum Gasteiger partial charge on any atom is 0.354 e. The van der Waals surface area contributed by atoms with Gasteiger partial charge in [0.15, 0.2) is 0 Å². The van der Waals surface area contributed by atoms with Gasteiger partial charge in [-0.15, -0.1) is 12.4 Å². The number of methoxy groups -OCH3 is 1. The molecular formula is C16H21ClN4O3. The minimum atomic E-state index is -0.958. The number of carboxylic acids is 1. The van der Waals surface area contributed by atoms with E-state index in [1.165, 1.54) is 0 Å². The molecule has 1 heterocycles. The molecule has 3 rings (SSSR count). The first kappa shape index (κ1) is 18.1. The standard InChI is InChI=1S/C16H20N4O3.ClH/c1-23-13-7-9-3-4-10-14(11(9)8-12(13)18)19-20(6-2-5-17)15(10)16(21)22;/h7-8H,2-6,17-18H2,1H3,(H,21,22);1H. The third-order valence-corrected chi connectivity index (χ3v) is 4.18. The minimum Gasteiger partial charge on any atom is -0.495 e. The van der Waals surface area contributed by atoms with Crippen molar-refractivity contribution >= 4 is 24.1 Å². The summed E-state index contributed by atoms with van der Waals surface area (Å²) < 4.78 is 6.81. The first-order valence-corrected chi connectivity index (χ1v) is 7.56. The minimum absolute atomic E-state index is 0. The number of carbonyl (C=O) groups is 1. The molecule has 0 radical (unpaired) electrons. The predicted octanol–water partition coefficient (Wildman–Crippen LogP) is 1.71. The molecule has 0 amide bonds. The molecule has 7 nitrogen and oxygen atoms in total. The largest absolute Gasteiger partial charge is 0.495 e. The average molecular weight is 353 g/mol. The van der Waals surface area contributed by atoms with E-state index in [2.05, 4.69) is 5.10 Å². The third kappa shape index (κ3) is 2.92. The second kappa shape index (κ2) is 7.11. The molecule has 24 heavy (non-hydrogen) atoms. The van der Waals surface area contributed by atoms with Crippen molar-refractivity contribution in [3.8, 4) is 17.0 Å². The number of aromatic nitrogens is 2. The van der Waals surface area contributed by atoms with Crippen molar-refractivity contribution in [3.05, 3.63) is 29.0 Å². The molecule has 1 aromatic carbocycles. The van der Waals surface area contributed by atoms with E-state index in [1.54, 1.807) is 11.8 Å². The fourth-order valence-corrected chi connectivity index (χ4v) is 3.10. The molecule has 0 fully saturated rings.